The highest BCUT2D eigenvalue weighted by Crippen LogP contribution is 2.32. The molecule has 0 atom stereocenters. The van der Waals surface area contributed by atoms with Crippen molar-refractivity contribution >= 4 is 61.0 Å². The van der Waals surface area contributed by atoms with Crippen LogP contribution in [0.5, 0.6) is 0 Å². The van der Waals surface area contributed by atoms with E-state index in [0.29, 0.717) is 33.3 Å². The van der Waals surface area contributed by atoms with Crippen molar-refractivity contribution in [2.75, 3.05) is 26.2 Å². The molecule has 37 heavy (non-hydrogen) atoms. The molecule has 4 aromatic rings. The Bertz CT molecular complexity index is 1520. The van der Waals surface area contributed by atoms with E-state index in [1.807, 2.05) is 28.7 Å². The van der Waals surface area contributed by atoms with E-state index < -0.39 is 0 Å². The van der Waals surface area contributed by atoms with E-state index in [0.717, 1.165) is 42.7 Å². The van der Waals surface area contributed by atoms with Gasteiger partial charge in [-0.05, 0) is 63.0 Å². The van der Waals surface area contributed by atoms with Crippen molar-refractivity contribution in [2.24, 2.45) is 0 Å². The molecular weight excluding hydrogens is 506 g/mol. The summed E-state index contributed by atoms with van der Waals surface area (Å²) < 4.78 is 2.79. The summed E-state index contributed by atoms with van der Waals surface area (Å²) in [4.78, 5) is 39.1. The SMILES string of the molecule is CCCCCC/C=C/c1ncc2c(=O)c(C(=O)NCCN3CCCC3)c3sc4cc(Cl)ccc4n3c2n1. The summed E-state index contributed by atoms with van der Waals surface area (Å²) in [7, 11) is 0. The summed E-state index contributed by atoms with van der Waals surface area (Å²) in [6.07, 6.45) is 13.7. The van der Waals surface area contributed by atoms with Gasteiger partial charge in [0.05, 0.1) is 15.6 Å². The topological polar surface area (TPSA) is 79.6 Å². The Labute approximate surface area is 225 Å². The van der Waals surface area contributed by atoms with Crippen molar-refractivity contribution < 1.29 is 4.79 Å². The van der Waals surface area contributed by atoms with E-state index in [1.165, 1.54) is 43.4 Å². The van der Waals surface area contributed by atoms with Gasteiger partial charge in [0, 0.05) is 24.3 Å². The predicted molar refractivity (Wildman–Crippen MR) is 153 cm³/mol. The number of rotatable bonds is 10. The number of likely N-dealkylation sites (tertiary alicyclic amines) is 1. The summed E-state index contributed by atoms with van der Waals surface area (Å²) in [5.74, 6) is 0.185. The van der Waals surface area contributed by atoms with E-state index in [1.54, 1.807) is 6.20 Å². The monoisotopic (exact) mass is 537 g/mol. The van der Waals surface area contributed by atoms with E-state index >= 15 is 0 Å². The molecule has 1 aliphatic heterocycles. The first-order valence-corrected chi connectivity index (χ1v) is 14.4. The lowest BCUT2D eigenvalue weighted by Gasteiger charge is -2.15. The van der Waals surface area contributed by atoms with Crippen LogP contribution in [0.15, 0.2) is 35.3 Å². The average Bonchev–Trinajstić information content (AvgIpc) is 3.53. The highest BCUT2D eigenvalue weighted by molar-refractivity contribution is 7.24. The van der Waals surface area contributed by atoms with Crippen molar-refractivity contribution in [2.45, 2.75) is 51.9 Å². The number of pyridine rings is 1. The van der Waals surface area contributed by atoms with Gasteiger partial charge in [0.15, 0.2) is 11.5 Å². The second-order valence-corrected chi connectivity index (χ2v) is 11.0. The number of allylic oxidation sites excluding steroid dienone is 1. The number of nitrogens with one attached hydrogen (secondary N) is 1. The second-order valence-electron chi connectivity index (χ2n) is 9.58. The van der Waals surface area contributed by atoms with Crippen molar-refractivity contribution in [1.29, 1.82) is 0 Å². The molecule has 194 valence electrons. The fraction of sp³-hybridized carbons (Fsp3) is 0.429. The number of amides is 1. The average molecular weight is 538 g/mol. The van der Waals surface area contributed by atoms with E-state index in [2.05, 4.69) is 28.2 Å². The zero-order valence-electron chi connectivity index (χ0n) is 21.1. The lowest BCUT2D eigenvalue weighted by molar-refractivity contribution is 0.0950. The fourth-order valence-corrected chi connectivity index (χ4v) is 6.37. The predicted octanol–water partition coefficient (Wildman–Crippen LogP) is 5.92. The molecule has 1 saturated heterocycles. The maximum absolute atomic E-state index is 13.6. The van der Waals surface area contributed by atoms with Crippen LogP contribution in [0.3, 0.4) is 0 Å². The van der Waals surface area contributed by atoms with Crippen LogP contribution in [0.4, 0.5) is 0 Å². The normalized spacial score (nSPS) is 14.5. The number of unbranched alkanes of at least 4 members (excludes halogenated alkanes) is 4. The molecule has 1 fully saturated rings. The number of aromatic nitrogens is 3. The van der Waals surface area contributed by atoms with Gasteiger partial charge >= 0.3 is 0 Å². The van der Waals surface area contributed by atoms with Crippen LogP contribution in [0.2, 0.25) is 5.02 Å². The third-order valence-electron chi connectivity index (χ3n) is 6.89. The summed E-state index contributed by atoms with van der Waals surface area (Å²) in [5, 5.41) is 3.91. The Hall–Kier alpha value is -2.81. The van der Waals surface area contributed by atoms with Crippen LogP contribution in [-0.4, -0.2) is 51.4 Å². The standard InChI is InChI=1S/C28H32ClN5O2S/c1-2-3-4-5-6-7-10-23-31-18-20-25(35)24(27(36)30-13-16-33-14-8-9-15-33)28-34(26(20)32-23)21-12-11-19(29)17-22(21)37-28/h7,10-12,17-18H,2-6,8-9,13-16H2,1H3,(H,30,36)/b10-7+. The zero-order valence-corrected chi connectivity index (χ0v) is 22.7. The second kappa shape index (κ2) is 11.7. The van der Waals surface area contributed by atoms with Gasteiger partial charge in [-0.15, -0.1) is 11.3 Å². The van der Waals surface area contributed by atoms with Gasteiger partial charge in [-0.1, -0.05) is 43.9 Å². The molecule has 1 aromatic carbocycles. The highest BCUT2D eigenvalue weighted by Gasteiger charge is 2.23. The molecule has 4 heterocycles. The third kappa shape index (κ3) is 5.56. The van der Waals surface area contributed by atoms with Gasteiger partial charge in [-0.25, -0.2) is 9.97 Å². The van der Waals surface area contributed by atoms with Crippen molar-refractivity contribution in [3.63, 3.8) is 0 Å². The zero-order chi connectivity index (χ0) is 25.8. The van der Waals surface area contributed by atoms with Gasteiger partial charge in [-0.2, -0.15) is 0 Å². The number of hydrogen-bond acceptors (Lipinski definition) is 6. The highest BCUT2D eigenvalue weighted by atomic mass is 35.5. The fourth-order valence-electron chi connectivity index (χ4n) is 4.92. The summed E-state index contributed by atoms with van der Waals surface area (Å²) in [5.41, 5.74) is 1.15. The molecule has 0 radical (unpaired) electrons. The van der Waals surface area contributed by atoms with Gasteiger partial charge in [0.25, 0.3) is 5.91 Å². The van der Waals surface area contributed by atoms with Crippen LogP contribution < -0.4 is 10.7 Å². The van der Waals surface area contributed by atoms with Crippen molar-refractivity contribution in [3.05, 3.63) is 57.1 Å². The molecule has 9 heteroatoms. The molecule has 0 saturated carbocycles. The third-order valence-corrected chi connectivity index (χ3v) is 8.25. The number of hydrogen-bond donors (Lipinski definition) is 1. The Morgan fingerprint density at radius 2 is 2.05 bits per heavy atom. The summed E-state index contributed by atoms with van der Waals surface area (Å²) in [6.45, 7) is 5.60. The van der Waals surface area contributed by atoms with E-state index in [-0.39, 0.29) is 16.9 Å². The van der Waals surface area contributed by atoms with E-state index in [4.69, 9.17) is 16.6 Å². The summed E-state index contributed by atoms with van der Waals surface area (Å²) in [6, 6.07) is 5.58. The van der Waals surface area contributed by atoms with Crippen LogP contribution in [0, 0.1) is 0 Å². The van der Waals surface area contributed by atoms with Gasteiger partial charge in [0.2, 0.25) is 5.43 Å². The van der Waals surface area contributed by atoms with Crippen LogP contribution in [-0.2, 0) is 0 Å². The molecule has 0 aliphatic carbocycles. The maximum atomic E-state index is 13.6. The molecule has 3 aromatic heterocycles. The first-order valence-electron chi connectivity index (χ1n) is 13.2. The first kappa shape index (κ1) is 25.8. The van der Waals surface area contributed by atoms with Crippen LogP contribution in [0.25, 0.3) is 32.2 Å². The molecule has 1 aliphatic rings. The van der Waals surface area contributed by atoms with Crippen LogP contribution in [0.1, 0.15) is 68.1 Å². The number of benzene rings is 1. The molecular formula is C28H32ClN5O2S. The number of nitrogens with zero attached hydrogens (tertiary/aromatic N) is 4. The minimum absolute atomic E-state index is 0.133. The van der Waals surface area contributed by atoms with Gasteiger partial charge < -0.3 is 10.2 Å². The summed E-state index contributed by atoms with van der Waals surface area (Å²) >= 11 is 7.66. The smallest absolute Gasteiger partial charge is 0.258 e. The van der Waals surface area contributed by atoms with Crippen molar-refractivity contribution in [3.8, 4) is 0 Å². The molecule has 7 nitrogen and oxygen atoms in total. The molecule has 0 bridgehead atoms. The minimum atomic E-state index is -0.364. The quantitative estimate of drug-likeness (QED) is 0.254. The van der Waals surface area contributed by atoms with Gasteiger partial charge in [-0.3, -0.25) is 14.0 Å². The number of fused-ring (bicyclic) bond motifs is 5. The van der Waals surface area contributed by atoms with Gasteiger partial charge in [0.1, 0.15) is 10.4 Å². The molecule has 1 amide bonds. The minimum Gasteiger partial charge on any atom is -0.351 e. The Morgan fingerprint density at radius 3 is 2.86 bits per heavy atom. The number of thiazole rings is 1. The first-order chi connectivity index (χ1) is 18.1. The van der Waals surface area contributed by atoms with E-state index in [9.17, 15) is 9.59 Å². The molecule has 5 rings (SSSR count). The molecule has 1 N–H and O–H groups in total. The molecule has 0 spiro atoms. The Morgan fingerprint density at radius 1 is 1.22 bits per heavy atom. The number of carbonyl (C=O) groups excluding carboxylic acids is 1. The van der Waals surface area contributed by atoms with Crippen molar-refractivity contribution in [1.82, 2.24) is 24.6 Å². The number of carbonyl (C=O) groups is 1. The van der Waals surface area contributed by atoms with Crippen LogP contribution >= 0.6 is 22.9 Å². The lowest BCUT2D eigenvalue weighted by Crippen LogP contribution is -2.35. The molecule has 0 unspecified atom stereocenters. The lowest BCUT2D eigenvalue weighted by atomic mass is 10.1. The number of halogens is 1. The Balaban J connectivity index is 1.54. The maximum Gasteiger partial charge on any atom is 0.258 e. The largest absolute Gasteiger partial charge is 0.351 e. The Kier molecular flexibility index (Phi) is 8.17.